The lowest BCUT2D eigenvalue weighted by molar-refractivity contribution is -0.137. The second-order valence-electron chi connectivity index (χ2n) is 4.78. The van der Waals surface area contributed by atoms with Crippen LogP contribution >= 0.6 is 0 Å². The second-order valence-corrected chi connectivity index (χ2v) is 4.78. The SMILES string of the molecule is O=C(O)CCNC(=O)[C@@H]1COC(=O)N1Cc1ccc(F)cc1. The van der Waals surface area contributed by atoms with Crippen LogP contribution in [0.25, 0.3) is 0 Å². The molecule has 1 atom stereocenters. The Balaban J connectivity index is 1.98. The Hall–Kier alpha value is -2.64. The Bertz CT molecular complexity index is 575. The normalized spacial score (nSPS) is 17.2. The first-order valence-electron chi connectivity index (χ1n) is 6.64. The Morgan fingerprint density at radius 3 is 2.68 bits per heavy atom. The van der Waals surface area contributed by atoms with E-state index in [0.717, 1.165) is 0 Å². The van der Waals surface area contributed by atoms with E-state index in [-0.39, 0.29) is 26.1 Å². The van der Waals surface area contributed by atoms with Crippen molar-refractivity contribution < 1.29 is 28.6 Å². The quantitative estimate of drug-likeness (QED) is 0.808. The number of carboxylic acid groups (broad SMARTS) is 1. The van der Waals surface area contributed by atoms with E-state index < -0.39 is 29.8 Å². The zero-order valence-corrected chi connectivity index (χ0v) is 11.6. The number of cyclic esters (lactones) is 1. The van der Waals surface area contributed by atoms with Crippen molar-refractivity contribution in [3.8, 4) is 0 Å². The van der Waals surface area contributed by atoms with Crippen LogP contribution in [-0.2, 0) is 20.9 Å². The van der Waals surface area contributed by atoms with Crippen molar-refractivity contribution in [2.24, 2.45) is 0 Å². The lowest BCUT2D eigenvalue weighted by Crippen LogP contribution is -2.45. The Morgan fingerprint density at radius 1 is 1.36 bits per heavy atom. The average Bonchev–Trinajstić information content (AvgIpc) is 2.82. The molecule has 22 heavy (non-hydrogen) atoms. The predicted molar refractivity (Wildman–Crippen MR) is 72.3 cm³/mol. The van der Waals surface area contributed by atoms with Crippen molar-refractivity contribution in [2.75, 3.05) is 13.2 Å². The molecule has 0 spiro atoms. The summed E-state index contributed by atoms with van der Waals surface area (Å²) in [6.45, 7) is -0.0156. The van der Waals surface area contributed by atoms with Gasteiger partial charge in [-0.3, -0.25) is 14.5 Å². The van der Waals surface area contributed by atoms with Gasteiger partial charge in [-0.15, -0.1) is 0 Å². The molecular weight excluding hydrogens is 295 g/mol. The van der Waals surface area contributed by atoms with E-state index in [0.29, 0.717) is 5.56 Å². The molecule has 1 fully saturated rings. The van der Waals surface area contributed by atoms with Crippen molar-refractivity contribution in [1.29, 1.82) is 0 Å². The maximum absolute atomic E-state index is 12.9. The Morgan fingerprint density at radius 2 is 2.05 bits per heavy atom. The lowest BCUT2D eigenvalue weighted by Gasteiger charge is -2.20. The number of carboxylic acids is 1. The summed E-state index contributed by atoms with van der Waals surface area (Å²) in [5, 5.41) is 11.0. The minimum Gasteiger partial charge on any atom is -0.481 e. The fraction of sp³-hybridized carbons (Fsp3) is 0.357. The first-order chi connectivity index (χ1) is 10.5. The minimum atomic E-state index is -1.03. The van der Waals surface area contributed by atoms with Crippen molar-refractivity contribution in [3.05, 3.63) is 35.6 Å². The molecule has 0 radical (unpaired) electrons. The van der Waals surface area contributed by atoms with E-state index >= 15 is 0 Å². The van der Waals surface area contributed by atoms with Gasteiger partial charge in [0.1, 0.15) is 18.5 Å². The van der Waals surface area contributed by atoms with Crippen molar-refractivity contribution in [1.82, 2.24) is 10.2 Å². The molecule has 118 valence electrons. The number of nitrogens with zero attached hydrogens (tertiary/aromatic N) is 1. The second kappa shape index (κ2) is 6.88. The van der Waals surface area contributed by atoms with Crippen molar-refractivity contribution in [3.63, 3.8) is 0 Å². The molecule has 1 aromatic carbocycles. The lowest BCUT2D eigenvalue weighted by atomic mass is 10.2. The van der Waals surface area contributed by atoms with E-state index in [1.165, 1.54) is 29.2 Å². The van der Waals surface area contributed by atoms with Crippen molar-refractivity contribution in [2.45, 2.75) is 19.0 Å². The molecule has 1 saturated heterocycles. The zero-order valence-electron chi connectivity index (χ0n) is 11.6. The number of hydrogen-bond acceptors (Lipinski definition) is 4. The van der Waals surface area contributed by atoms with Crippen LogP contribution < -0.4 is 5.32 Å². The number of amides is 2. The third kappa shape index (κ3) is 3.94. The first kappa shape index (κ1) is 15.7. The van der Waals surface area contributed by atoms with Crippen LogP contribution in [0.1, 0.15) is 12.0 Å². The summed E-state index contributed by atoms with van der Waals surface area (Å²) < 4.78 is 17.7. The van der Waals surface area contributed by atoms with Gasteiger partial charge in [-0.05, 0) is 17.7 Å². The molecule has 0 aromatic heterocycles. The van der Waals surface area contributed by atoms with Crippen LogP contribution in [0.15, 0.2) is 24.3 Å². The van der Waals surface area contributed by atoms with E-state index in [1.807, 2.05) is 0 Å². The largest absolute Gasteiger partial charge is 0.481 e. The molecule has 2 amide bonds. The smallest absolute Gasteiger partial charge is 0.410 e. The molecule has 1 heterocycles. The summed E-state index contributed by atoms with van der Waals surface area (Å²) in [6, 6.07) is 4.73. The summed E-state index contributed by atoms with van der Waals surface area (Å²) in [7, 11) is 0. The molecule has 7 nitrogen and oxygen atoms in total. The third-order valence-corrected chi connectivity index (χ3v) is 3.18. The number of carbonyl (C=O) groups excluding carboxylic acids is 2. The maximum Gasteiger partial charge on any atom is 0.410 e. The number of hydrogen-bond donors (Lipinski definition) is 2. The van der Waals surface area contributed by atoms with Gasteiger partial charge in [0.2, 0.25) is 5.91 Å². The van der Waals surface area contributed by atoms with Gasteiger partial charge in [0.15, 0.2) is 0 Å². The number of nitrogens with one attached hydrogen (secondary N) is 1. The summed E-state index contributed by atoms with van der Waals surface area (Å²) in [5.74, 6) is -1.90. The van der Waals surface area contributed by atoms with Gasteiger partial charge in [0, 0.05) is 6.54 Å². The summed E-state index contributed by atoms with van der Waals surface area (Å²) in [5.41, 5.74) is 0.656. The molecular formula is C14H15FN2O5. The molecule has 2 rings (SSSR count). The molecule has 0 aliphatic carbocycles. The Kier molecular flexibility index (Phi) is 4.92. The number of benzene rings is 1. The van der Waals surface area contributed by atoms with Crippen LogP contribution in [0.4, 0.5) is 9.18 Å². The van der Waals surface area contributed by atoms with Gasteiger partial charge >= 0.3 is 12.1 Å². The van der Waals surface area contributed by atoms with Crippen LogP contribution in [0, 0.1) is 5.82 Å². The zero-order chi connectivity index (χ0) is 16.1. The fourth-order valence-electron chi connectivity index (χ4n) is 2.04. The van der Waals surface area contributed by atoms with E-state index in [4.69, 9.17) is 9.84 Å². The third-order valence-electron chi connectivity index (χ3n) is 3.18. The van der Waals surface area contributed by atoms with Gasteiger partial charge < -0.3 is 15.2 Å². The number of carbonyl (C=O) groups is 3. The summed E-state index contributed by atoms with van der Waals surface area (Å²) >= 11 is 0. The van der Waals surface area contributed by atoms with Gasteiger partial charge in [0.05, 0.1) is 13.0 Å². The van der Waals surface area contributed by atoms with Gasteiger partial charge in [0.25, 0.3) is 0 Å². The minimum absolute atomic E-state index is 0.0246. The first-order valence-corrected chi connectivity index (χ1v) is 6.64. The standard InChI is InChI=1S/C14H15FN2O5/c15-10-3-1-9(2-4-10)7-17-11(8-22-14(17)21)13(20)16-6-5-12(18)19/h1-4,11H,5-8H2,(H,16,20)(H,18,19)/t11-/m0/s1. The van der Waals surface area contributed by atoms with Gasteiger partial charge in [-0.2, -0.15) is 0 Å². The fourth-order valence-corrected chi connectivity index (χ4v) is 2.04. The number of halogens is 1. The monoisotopic (exact) mass is 310 g/mol. The van der Waals surface area contributed by atoms with Gasteiger partial charge in [-0.1, -0.05) is 12.1 Å². The molecule has 1 aliphatic rings. The number of ether oxygens (including phenoxy) is 1. The summed E-state index contributed by atoms with van der Waals surface area (Å²) in [6.07, 6.45) is -0.840. The van der Waals surface area contributed by atoms with E-state index in [1.54, 1.807) is 0 Å². The highest BCUT2D eigenvalue weighted by Crippen LogP contribution is 2.17. The highest BCUT2D eigenvalue weighted by Gasteiger charge is 2.37. The van der Waals surface area contributed by atoms with Crippen LogP contribution in [-0.4, -0.2) is 47.2 Å². The number of aliphatic carboxylic acids is 1. The predicted octanol–water partition coefficient (Wildman–Crippen LogP) is 0.737. The topological polar surface area (TPSA) is 95.9 Å². The molecule has 0 saturated carbocycles. The van der Waals surface area contributed by atoms with E-state index in [2.05, 4.69) is 5.32 Å². The molecule has 8 heteroatoms. The maximum atomic E-state index is 12.9. The van der Waals surface area contributed by atoms with Crippen LogP contribution in [0.5, 0.6) is 0 Å². The average molecular weight is 310 g/mol. The number of rotatable bonds is 6. The summed E-state index contributed by atoms with van der Waals surface area (Å²) in [4.78, 5) is 35.3. The molecule has 0 unspecified atom stereocenters. The highest BCUT2D eigenvalue weighted by atomic mass is 19.1. The molecule has 0 bridgehead atoms. The van der Waals surface area contributed by atoms with Crippen LogP contribution in [0.2, 0.25) is 0 Å². The molecule has 1 aliphatic heterocycles. The molecule has 2 N–H and O–H groups in total. The highest BCUT2D eigenvalue weighted by molar-refractivity contribution is 5.88. The van der Waals surface area contributed by atoms with E-state index in [9.17, 15) is 18.8 Å². The Labute approximate surface area is 125 Å². The van der Waals surface area contributed by atoms with Crippen LogP contribution in [0.3, 0.4) is 0 Å². The van der Waals surface area contributed by atoms with Gasteiger partial charge in [-0.25, -0.2) is 9.18 Å². The molecule has 1 aromatic rings. The van der Waals surface area contributed by atoms with Crippen molar-refractivity contribution >= 4 is 18.0 Å².